The Kier molecular flexibility index (Phi) is 5.60. The second kappa shape index (κ2) is 10.3. The molecule has 5 nitrogen and oxygen atoms in total. The molecule has 0 radical (unpaired) electrons. The van der Waals surface area contributed by atoms with Gasteiger partial charge in [-0.05, 0) is 60.7 Å². The minimum Gasteiger partial charge on any atom is -0.295 e. The van der Waals surface area contributed by atoms with E-state index in [1.165, 1.54) is 43.4 Å². The molecular formula is C45H29N5. The van der Waals surface area contributed by atoms with Crippen LogP contribution in [0.1, 0.15) is 0 Å². The van der Waals surface area contributed by atoms with Gasteiger partial charge in [-0.3, -0.25) is 18.3 Å². The number of hydrogen-bond acceptors (Lipinski definition) is 1. The lowest BCUT2D eigenvalue weighted by molar-refractivity contribution is 0.972. The highest BCUT2D eigenvalue weighted by molar-refractivity contribution is 6.23. The van der Waals surface area contributed by atoms with Gasteiger partial charge in [0.2, 0.25) is 0 Å². The molecule has 50 heavy (non-hydrogen) atoms. The molecule has 0 saturated heterocycles. The maximum Gasteiger partial charge on any atom is 0.141 e. The van der Waals surface area contributed by atoms with E-state index < -0.39 is 0 Å². The first-order valence-electron chi connectivity index (χ1n) is 17.0. The maximum atomic E-state index is 5.57. The second-order valence-corrected chi connectivity index (χ2v) is 12.8. The van der Waals surface area contributed by atoms with E-state index in [0.29, 0.717) is 0 Å². The molecule has 0 aliphatic heterocycles. The Morgan fingerprint density at radius 2 is 0.600 bits per heavy atom. The summed E-state index contributed by atoms with van der Waals surface area (Å²) >= 11 is 0. The molecule has 11 rings (SSSR count). The summed E-state index contributed by atoms with van der Waals surface area (Å²) in [6, 6.07) is 62.6. The summed E-state index contributed by atoms with van der Waals surface area (Å²) in [6.45, 7) is 0. The molecule has 0 aliphatic carbocycles. The van der Waals surface area contributed by atoms with E-state index in [-0.39, 0.29) is 0 Å². The lowest BCUT2D eigenvalue weighted by atomic mass is 10.1. The average molecular weight is 640 g/mol. The summed E-state index contributed by atoms with van der Waals surface area (Å²) in [7, 11) is 0. The van der Waals surface area contributed by atoms with Gasteiger partial charge < -0.3 is 0 Å². The fourth-order valence-corrected chi connectivity index (χ4v) is 8.20. The van der Waals surface area contributed by atoms with Gasteiger partial charge in [-0.25, -0.2) is 4.98 Å². The molecule has 0 amide bonds. The van der Waals surface area contributed by atoms with Crippen molar-refractivity contribution >= 4 is 65.7 Å². The van der Waals surface area contributed by atoms with Gasteiger partial charge in [0, 0.05) is 43.7 Å². The van der Waals surface area contributed by atoms with Gasteiger partial charge >= 0.3 is 0 Å². The van der Waals surface area contributed by atoms with Crippen molar-refractivity contribution in [2.24, 2.45) is 0 Å². The van der Waals surface area contributed by atoms with E-state index in [4.69, 9.17) is 4.98 Å². The molecule has 0 bridgehead atoms. The zero-order chi connectivity index (χ0) is 32.8. The Balaban J connectivity index is 1.27. The number of hydrogen-bond donors (Lipinski definition) is 0. The van der Waals surface area contributed by atoms with Crippen LogP contribution < -0.4 is 0 Å². The molecule has 0 fully saturated rings. The monoisotopic (exact) mass is 639 g/mol. The number of aromatic nitrogens is 5. The lowest BCUT2D eigenvalue weighted by Gasteiger charge is -2.15. The predicted octanol–water partition coefficient (Wildman–Crippen LogP) is 11.2. The van der Waals surface area contributed by atoms with Gasteiger partial charge in [-0.2, -0.15) is 0 Å². The minimum absolute atomic E-state index is 0.863. The van der Waals surface area contributed by atoms with Crippen molar-refractivity contribution in [1.82, 2.24) is 23.3 Å². The summed E-state index contributed by atoms with van der Waals surface area (Å²) in [5, 5.41) is 7.32. The summed E-state index contributed by atoms with van der Waals surface area (Å²) in [5.74, 6) is 1.73. The van der Waals surface area contributed by atoms with Crippen LogP contribution in [0.15, 0.2) is 176 Å². The molecule has 5 heterocycles. The van der Waals surface area contributed by atoms with E-state index in [2.05, 4.69) is 194 Å². The number of rotatable bonds is 4. The van der Waals surface area contributed by atoms with Crippen molar-refractivity contribution in [3.8, 4) is 23.0 Å². The van der Waals surface area contributed by atoms with Crippen molar-refractivity contribution in [3.05, 3.63) is 176 Å². The van der Waals surface area contributed by atoms with Crippen LogP contribution in [0.2, 0.25) is 0 Å². The van der Waals surface area contributed by atoms with Crippen LogP contribution in [0.4, 0.5) is 0 Å². The van der Waals surface area contributed by atoms with Crippen molar-refractivity contribution in [1.29, 1.82) is 0 Å². The predicted molar refractivity (Wildman–Crippen MR) is 207 cm³/mol. The summed E-state index contributed by atoms with van der Waals surface area (Å²) in [5.41, 5.74) is 9.02. The van der Waals surface area contributed by atoms with Crippen molar-refractivity contribution in [2.75, 3.05) is 0 Å². The highest BCUT2D eigenvalue weighted by Crippen LogP contribution is 2.42. The molecule has 5 heteroatoms. The van der Waals surface area contributed by atoms with Gasteiger partial charge in [0.1, 0.15) is 22.9 Å². The molecule has 0 N–H and O–H groups in total. The molecule has 0 atom stereocenters. The molecule has 0 spiro atoms. The van der Waals surface area contributed by atoms with Crippen LogP contribution in [0, 0.1) is 0 Å². The third kappa shape index (κ3) is 3.63. The van der Waals surface area contributed by atoms with Gasteiger partial charge in [0.15, 0.2) is 0 Å². The third-order valence-electron chi connectivity index (χ3n) is 10.2. The smallest absolute Gasteiger partial charge is 0.141 e. The molecule has 0 aliphatic rings. The standard InChI is InChI=1S/C45H29N5/c1-3-16-30(17-4-1)47-36-24-11-7-20-32(36)42-34-22-9-13-26-38(34)49(44(42)47)40-28-15-29-41(46-40)50-39-27-14-10-23-35(39)43-33-21-8-12-25-37(33)48(45(43)50)31-18-5-2-6-19-31/h1-29H. The SMILES string of the molecule is c1ccc(-n2c3ccccc3c3c4ccccc4n(-c4cccc(-n5c6ccccc6c6c7ccccc7n(-c7ccccc7)c65)n4)c32)cc1. The van der Waals surface area contributed by atoms with Crippen molar-refractivity contribution < 1.29 is 0 Å². The molecule has 0 saturated carbocycles. The Hall–Kier alpha value is -6.85. The van der Waals surface area contributed by atoms with Crippen molar-refractivity contribution in [2.45, 2.75) is 0 Å². The Morgan fingerprint density at radius 1 is 0.280 bits per heavy atom. The summed E-state index contributed by atoms with van der Waals surface area (Å²) < 4.78 is 9.46. The number of pyridine rings is 1. The summed E-state index contributed by atoms with van der Waals surface area (Å²) in [4.78, 5) is 5.57. The fraction of sp³-hybridized carbons (Fsp3) is 0. The zero-order valence-corrected chi connectivity index (χ0v) is 27.0. The highest BCUT2D eigenvalue weighted by atomic mass is 15.2. The first kappa shape index (κ1) is 27.1. The van der Waals surface area contributed by atoms with Crippen molar-refractivity contribution in [3.63, 3.8) is 0 Å². The van der Waals surface area contributed by atoms with Crippen LogP contribution in [-0.2, 0) is 0 Å². The normalized spacial score (nSPS) is 12.0. The first-order valence-corrected chi connectivity index (χ1v) is 17.0. The largest absolute Gasteiger partial charge is 0.295 e. The number of benzene rings is 6. The molecular weight excluding hydrogens is 611 g/mol. The maximum absolute atomic E-state index is 5.57. The highest BCUT2D eigenvalue weighted by Gasteiger charge is 2.25. The number of nitrogens with zero attached hydrogens (tertiary/aromatic N) is 5. The molecule has 234 valence electrons. The fourth-order valence-electron chi connectivity index (χ4n) is 8.20. The van der Waals surface area contributed by atoms with E-state index in [1.807, 2.05) is 0 Å². The zero-order valence-electron chi connectivity index (χ0n) is 27.0. The lowest BCUT2D eigenvalue weighted by Crippen LogP contribution is -2.07. The van der Waals surface area contributed by atoms with E-state index in [0.717, 1.165) is 45.3 Å². The first-order chi connectivity index (χ1) is 24.9. The van der Waals surface area contributed by atoms with Gasteiger partial charge in [-0.15, -0.1) is 0 Å². The van der Waals surface area contributed by atoms with E-state index >= 15 is 0 Å². The summed E-state index contributed by atoms with van der Waals surface area (Å²) in [6.07, 6.45) is 0. The average Bonchev–Trinajstić information content (AvgIpc) is 3.90. The molecule has 0 unspecified atom stereocenters. The van der Waals surface area contributed by atoms with Gasteiger partial charge in [0.25, 0.3) is 0 Å². The van der Waals surface area contributed by atoms with E-state index in [1.54, 1.807) is 0 Å². The van der Waals surface area contributed by atoms with Crippen LogP contribution in [0.5, 0.6) is 0 Å². The van der Waals surface area contributed by atoms with Crippen LogP contribution in [0.3, 0.4) is 0 Å². The quantitative estimate of drug-likeness (QED) is 0.189. The molecule has 6 aromatic carbocycles. The van der Waals surface area contributed by atoms with Crippen LogP contribution in [-0.4, -0.2) is 23.3 Å². The minimum atomic E-state index is 0.863. The topological polar surface area (TPSA) is 32.6 Å². The van der Waals surface area contributed by atoms with E-state index in [9.17, 15) is 0 Å². The second-order valence-electron chi connectivity index (χ2n) is 12.8. The number of fused-ring (bicyclic) bond motifs is 10. The molecule has 11 aromatic rings. The Labute approximate surface area is 287 Å². The van der Waals surface area contributed by atoms with Crippen LogP contribution in [0.25, 0.3) is 88.7 Å². The Morgan fingerprint density at radius 3 is 0.980 bits per heavy atom. The Bertz CT molecular complexity index is 2880. The molecule has 5 aromatic heterocycles. The third-order valence-corrected chi connectivity index (χ3v) is 10.2. The van der Waals surface area contributed by atoms with Crippen LogP contribution >= 0.6 is 0 Å². The van der Waals surface area contributed by atoms with Gasteiger partial charge in [0.05, 0.1) is 22.1 Å². The number of para-hydroxylation sites is 6. The van der Waals surface area contributed by atoms with Gasteiger partial charge in [-0.1, -0.05) is 115 Å².